The number of piperazine rings is 1. The number of hydrazine groups is 1. The van der Waals surface area contributed by atoms with E-state index in [1.807, 2.05) is 6.92 Å². The monoisotopic (exact) mass is 294 g/mol. The summed E-state index contributed by atoms with van der Waals surface area (Å²) in [7, 11) is 0. The normalized spacial score (nSPS) is 18.6. The van der Waals surface area contributed by atoms with Crippen LogP contribution >= 0.6 is 0 Å². The van der Waals surface area contributed by atoms with Gasteiger partial charge in [0.25, 0.3) is 0 Å². The first-order valence-corrected chi connectivity index (χ1v) is 6.57. The Balaban J connectivity index is 2.32. The molecule has 1 aromatic rings. The maximum atomic E-state index is 11.7. The first-order chi connectivity index (χ1) is 10.0. The first-order valence-electron chi connectivity index (χ1n) is 6.57. The molecule has 1 aliphatic heterocycles. The topological polar surface area (TPSA) is 122 Å². The number of hydrogen-bond acceptors (Lipinski definition) is 8. The number of nitrogens with zero attached hydrogens (tertiary/aromatic N) is 3. The number of ether oxygens (including phenoxy) is 1. The number of anilines is 2. The second-order valence-corrected chi connectivity index (χ2v) is 4.53. The zero-order chi connectivity index (χ0) is 15.4. The summed E-state index contributed by atoms with van der Waals surface area (Å²) in [5.74, 6) is 5.92. The van der Waals surface area contributed by atoms with E-state index in [0.29, 0.717) is 24.1 Å². The summed E-state index contributed by atoms with van der Waals surface area (Å²) in [6.07, 6.45) is 0. The molecule has 0 radical (unpaired) electrons. The predicted octanol–water partition coefficient (Wildman–Crippen LogP) is -0.850. The van der Waals surface area contributed by atoms with Crippen molar-refractivity contribution in [1.29, 1.82) is 0 Å². The lowest BCUT2D eigenvalue weighted by Crippen LogP contribution is -2.57. The summed E-state index contributed by atoms with van der Waals surface area (Å²) in [6, 6.07) is 1.07. The van der Waals surface area contributed by atoms with Crippen molar-refractivity contribution in [3.05, 3.63) is 11.9 Å². The van der Waals surface area contributed by atoms with Gasteiger partial charge in [0.15, 0.2) is 5.82 Å². The molecule has 21 heavy (non-hydrogen) atoms. The van der Waals surface area contributed by atoms with E-state index in [1.54, 1.807) is 17.9 Å². The molecule has 0 spiro atoms. The summed E-state index contributed by atoms with van der Waals surface area (Å²) in [4.78, 5) is 33.3. The number of nitrogens with one attached hydrogen (secondary N) is 2. The van der Waals surface area contributed by atoms with Gasteiger partial charge in [-0.05, 0) is 13.8 Å². The maximum Gasteiger partial charge on any atom is 0.249 e. The lowest BCUT2D eigenvalue weighted by Gasteiger charge is -2.32. The Morgan fingerprint density at radius 1 is 1.52 bits per heavy atom. The molecule has 1 aromatic heterocycles. The first kappa shape index (κ1) is 15.1. The summed E-state index contributed by atoms with van der Waals surface area (Å²) >= 11 is 0. The van der Waals surface area contributed by atoms with Crippen LogP contribution in [0.25, 0.3) is 0 Å². The van der Waals surface area contributed by atoms with Crippen molar-refractivity contribution >= 4 is 23.5 Å². The maximum absolute atomic E-state index is 11.7. The van der Waals surface area contributed by atoms with E-state index < -0.39 is 6.04 Å². The van der Waals surface area contributed by atoms with Gasteiger partial charge in [-0.15, -0.1) is 0 Å². The van der Waals surface area contributed by atoms with Crippen LogP contribution in [0.1, 0.15) is 19.7 Å². The molecule has 1 saturated heterocycles. The number of nitrogen functional groups attached to an aromatic ring is 1. The summed E-state index contributed by atoms with van der Waals surface area (Å²) in [5, 5.41) is 2.28. The fraction of sp³-hybridized carbons (Fsp3) is 0.500. The molecule has 0 bridgehead atoms. The highest BCUT2D eigenvalue weighted by Crippen LogP contribution is 2.20. The van der Waals surface area contributed by atoms with Gasteiger partial charge < -0.3 is 15.1 Å². The Hall–Kier alpha value is -2.26. The van der Waals surface area contributed by atoms with E-state index in [9.17, 15) is 9.59 Å². The standard InChI is InChI=1S/C12H18N6O3/c1-3-21-6-9-14-8(17-13)4-10(15-9)18-5-11(19)16-12(20)7(18)2/h4,7H,3,5-6,13H2,1-2H3,(H,14,15,17)(H,16,19,20). The molecular formula is C12H18N6O3. The molecule has 9 heteroatoms. The van der Waals surface area contributed by atoms with Crippen molar-refractivity contribution in [2.75, 3.05) is 23.5 Å². The number of carbonyl (C=O) groups is 2. The molecular weight excluding hydrogens is 276 g/mol. The Bertz CT molecular complexity index is 550. The molecule has 2 heterocycles. The van der Waals surface area contributed by atoms with Gasteiger partial charge in [0.1, 0.15) is 24.3 Å². The molecule has 2 amide bonds. The van der Waals surface area contributed by atoms with Gasteiger partial charge >= 0.3 is 0 Å². The molecule has 2 rings (SSSR count). The van der Waals surface area contributed by atoms with Crippen LogP contribution < -0.4 is 21.5 Å². The number of aromatic nitrogens is 2. The number of nitrogens with two attached hydrogens (primary N) is 1. The van der Waals surface area contributed by atoms with Crippen molar-refractivity contribution in [2.45, 2.75) is 26.5 Å². The highest BCUT2D eigenvalue weighted by atomic mass is 16.5. The van der Waals surface area contributed by atoms with Crippen molar-refractivity contribution < 1.29 is 14.3 Å². The largest absolute Gasteiger partial charge is 0.374 e. The van der Waals surface area contributed by atoms with E-state index in [0.717, 1.165) is 0 Å². The second-order valence-electron chi connectivity index (χ2n) is 4.53. The van der Waals surface area contributed by atoms with E-state index in [4.69, 9.17) is 10.6 Å². The lowest BCUT2D eigenvalue weighted by molar-refractivity contribution is -0.132. The molecule has 1 aliphatic rings. The molecule has 1 fully saturated rings. The molecule has 0 aliphatic carbocycles. The number of amides is 2. The van der Waals surface area contributed by atoms with Crippen LogP contribution in [0.15, 0.2) is 6.07 Å². The molecule has 1 atom stereocenters. The average molecular weight is 294 g/mol. The Morgan fingerprint density at radius 2 is 2.29 bits per heavy atom. The van der Waals surface area contributed by atoms with Crippen LogP contribution in [-0.4, -0.2) is 41.0 Å². The molecule has 9 nitrogen and oxygen atoms in total. The zero-order valence-corrected chi connectivity index (χ0v) is 11.9. The number of hydrogen-bond donors (Lipinski definition) is 3. The third-order valence-electron chi connectivity index (χ3n) is 3.06. The average Bonchev–Trinajstić information content (AvgIpc) is 2.48. The van der Waals surface area contributed by atoms with E-state index in [1.165, 1.54) is 0 Å². The lowest BCUT2D eigenvalue weighted by atomic mass is 10.2. The Labute approximate surface area is 121 Å². The number of rotatable bonds is 5. The van der Waals surface area contributed by atoms with Gasteiger partial charge in [-0.1, -0.05) is 0 Å². The van der Waals surface area contributed by atoms with Gasteiger partial charge in [0.2, 0.25) is 11.8 Å². The van der Waals surface area contributed by atoms with Gasteiger partial charge in [0.05, 0.1) is 6.54 Å². The minimum absolute atomic E-state index is 0.0437. The van der Waals surface area contributed by atoms with Crippen LogP contribution in [0.2, 0.25) is 0 Å². The van der Waals surface area contributed by atoms with Crippen molar-refractivity contribution in [2.24, 2.45) is 5.84 Å². The third kappa shape index (κ3) is 3.44. The van der Waals surface area contributed by atoms with Gasteiger partial charge in [0, 0.05) is 12.7 Å². The predicted molar refractivity (Wildman–Crippen MR) is 75.1 cm³/mol. The fourth-order valence-corrected chi connectivity index (χ4v) is 1.96. The summed E-state index contributed by atoms with van der Waals surface area (Å²) in [6.45, 7) is 4.35. The molecule has 4 N–H and O–H groups in total. The number of imide groups is 1. The second kappa shape index (κ2) is 6.46. The van der Waals surface area contributed by atoms with E-state index in [-0.39, 0.29) is 25.0 Å². The van der Waals surface area contributed by atoms with Gasteiger partial charge in [-0.25, -0.2) is 15.8 Å². The third-order valence-corrected chi connectivity index (χ3v) is 3.06. The van der Waals surface area contributed by atoms with Crippen LogP contribution in [-0.2, 0) is 20.9 Å². The molecule has 1 unspecified atom stereocenters. The van der Waals surface area contributed by atoms with Crippen molar-refractivity contribution in [3.8, 4) is 0 Å². The minimum atomic E-state index is -0.511. The highest BCUT2D eigenvalue weighted by Gasteiger charge is 2.31. The fourth-order valence-electron chi connectivity index (χ4n) is 1.96. The smallest absolute Gasteiger partial charge is 0.249 e. The van der Waals surface area contributed by atoms with Crippen LogP contribution in [0, 0.1) is 0 Å². The van der Waals surface area contributed by atoms with Crippen molar-refractivity contribution in [1.82, 2.24) is 15.3 Å². The minimum Gasteiger partial charge on any atom is -0.374 e. The summed E-state index contributed by atoms with van der Waals surface area (Å²) in [5.41, 5.74) is 2.44. The van der Waals surface area contributed by atoms with Crippen LogP contribution in [0.3, 0.4) is 0 Å². The SMILES string of the molecule is CCOCc1nc(NN)cc(N2CC(=O)NC(=O)C2C)n1. The van der Waals surface area contributed by atoms with Crippen LogP contribution in [0.4, 0.5) is 11.6 Å². The Kier molecular flexibility index (Phi) is 4.66. The highest BCUT2D eigenvalue weighted by molar-refractivity contribution is 6.04. The van der Waals surface area contributed by atoms with Crippen molar-refractivity contribution in [3.63, 3.8) is 0 Å². The van der Waals surface area contributed by atoms with Gasteiger partial charge in [-0.2, -0.15) is 0 Å². The van der Waals surface area contributed by atoms with Gasteiger partial charge in [-0.3, -0.25) is 14.9 Å². The summed E-state index contributed by atoms with van der Waals surface area (Å²) < 4.78 is 5.27. The van der Waals surface area contributed by atoms with Crippen LogP contribution in [0.5, 0.6) is 0 Å². The molecule has 0 aromatic carbocycles. The quantitative estimate of drug-likeness (QED) is 0.364. The number of carbonyl (C=O) groups excluding carboxylic acids is 2. The molecule has 0 saturated carbocycles. The zero-order valence-electron chi connectivity index (χ0n) is 11.9. The van der Waals surface area contributed by atoms with E-state index >= 15 is 0 Å². The Morgan fingerprint density at radius 3 is 2.95 bits per heavy atom. The van der Waals surface area contributed by atoms with E-state index in [2.05, 4.69) is 20.7 Å². The molecule has 114 valence electrons.